The van der Waals surface area contributed by atoms with Gasteiger partial charge in [0.25, 0.3) is 0 Å². The molecule has 90 valence electrons. The molecule has 0 amide bonds. The van der Waals surface area contributed by atoms with Crippen LogP contribution in [0.5, 0.6) is 0 Å². The molecular formula is C14H18N2O. The SMILES string of the molecule is CCc1nccn1-c1ccccc1[C@@H](O)CC. The van der Waals surface area contributed by atoms with Crippen LogP contribution in [0.15, 0.2) is 36.7 Å². The lowest BCUT2D eigenvalue weighted by molar-refractivity contribution is 0.173. The number of aliphatic hydroxyl groups is 1. The molecule has 2 aromatic rings. The van der Waals surface area contributed by atoms with Gasteiger partial charge in [-0.3, -0.25) is 0 Å². The fraction of sp³-hybridized carbons (Fsp3) is 0.357. The number of imidazole rings is 1. The topological polar surface area (TPSA) is 38.0 Å². The van der Waals surface area contributed by atoms with Crippen LogP contribution < -0.4 is 0 Å². The predicted octanol–water partition coefficient (Wildman–Crippen LogP) is 2.88. The normalized spacial score (nSPS) is 12.6. The lowest BCUT2D eigenvalue weighted by Crippen LogP contribution is -2.06. The Balaban J connectivity index is 2.52. The van der Waals surface area contributed by atoms with E-state index >= 15 is 0 Å². The lowest BCUT2D eigenvalue weighted by atomic mass is 10.0. The first kappa shape index (κ1) is 11.9. The van der Waals surface area contributed by atoms with Crippen LogP contribution in [0.25, 0.3) is 5.69 Å². The van der Waals surface area contributed by atoms with Gasteiger partial charge in [0.05, 0.1) is 11.8 Å². The summed E-state index contributed by atoms with van der Waals surface area (Å²) in [5.74, 6) is 1.01. The first-order valence-corrected chi connectivity index (χ1v) is 6.07. The number of para-hydroxylation sites is 1. The van der Waals surface area contributed by atoms with Crippen molar-refractivity contribution in [3.05, 3.63) is 48.0 Å². The number of nitrogens with zero attached hydrogens (tertiary/aromatic N) is 2. The van der Waals surface area contributed by atoms with Gasteiger partial charge < -0.3 is 9.67 Å². The van der Waals surface area contributed by atoms with Crippen molar-refractivity contribution in [1.29, 1.82) is 0 Å². The summed E-state index contributed by atoms with van der Waals surface area (Å²) in [6.07, 6.45) is 4.92. The molecule has 0 aliphatic rings. The number of aliphatic hydroxyl groups excluding tert-OH is 1. The number of hydrogen-bond donors (Lipinski definition) is 1. The van der Waals surface area contributed by atoms with Gasteiger partial charge in [0.2, 0.25) is 0 Å². The minimum atomic E-state index is -0.418. The van der Waals surface area contributed by atoms with Crippen molar-refractivity contribution >= 4 is 0 Å². The molecule has 0 saturated heterocycles. The quantitative estimate of drug-likeness (QED) is 0.877. The minimum Gasteiger partial charge on any atom is -0.388 e. The van der Waals surface area contributed by atoms with E-state index in [0.717, 1.165) is 23.5 Å². The molecule has 0 spiro atoms. The summed E-state index contributed by atoms with van der Waals surface area (Å²) in [4.78, 5) is 4.32. The van der Waals surface area contributed by atoms with Crippen LogP contribution in [0.2, 0.25) is 0 Å². The summed E-state index contributed by atoms with van der Waals surface area (Å²) in [6.45, 7) is 4.06. The van der Waals surface area contributed by atoms with Crippen molar-refractivity contribution in [3.63, 3.8) is 0 Å². The molecule has 0 bridgehead atoms. The van der Waals surface area contributed by atoms with Crippen molar-refractivity contribution in [3.8, 4) is 5.69 Å². The average molecular weight is 230 g/mol. The second-order valence-electron chi connectivity index (χ2n) is 4.05. The van der Waals surface area contributed by atoms with E-state index in [0.29, 0.717) is 6.42 Å². The highest BCUT2D eigenvalue weighted by molar-refractivity contribution is 5.43. The molecule has 1 heterocycles. The first-order valence-electron chi connectivity index (χ1n) is 6.07. The summed E-state index contributed by atoms with van der Waals surface area (Å²) in [6, 6.07) is 7.94. The number of rotatable bonds is 4. The van der Waals surface area contributed by atoms with Crippen LogP contribution in [0.1, 0.15) is 37.8 Å². The zero-order valence-electron chi connectivity index (χ0n) is 10.3. The van der Waals surface area contributed by atoms with Crippen LogP contribution in [-0.4, -0.2) is 14.7 Å². The maximum absolute atomic E-state index is 10.0. The molecule has 3 nitrogen and oxygen atoms in total. The molecular weight excluding hydrogens is 212 g/mol. The van der Waals surface area contributed by atoms with Crippen molar-refractivity contribution in [2.45, 2.75) is 32.8 Å². The Kier molecular flexibility index (Phi) is 3.59. The molecule has 0 fully saturated rings. The van der Waals surface area contributed by atoms with Crippen LogP contribution >= 0.6 is 0 Å². The van der Waals surface area contributed by atoms with E-state index in [9.17, 15) is 5.11 Å². The molecule has 0 saturated carbocycles. The van der Waals surface area contributed by atoms with Gasteiger partial charge in [0.1, 0.15) is 5.82 Å². The first-order chi connectivity index (χ1) is 8.27. The molecule has 1 aromatic carbocycles. The van der Waals surface area contributed by atoms with Crippen molar-refractivity contribution in [1.82, 2.24) is 9.55 Å². The van der Waals surface area contributed by atoms with Crippen LogP contribution in [0, 0.1) is 0 Å². The Hall–Kier alpha value is -1.61. The second kappa shape index (κ2) is 5.15. The Morgan fingerprint density at radius 1 is 1.29 bits per heavy atom. The summed E-state index contributed by atoms with van der Waals surface area (Å²) in [5.41, 5.74) is 1.99. The number of hydrogen-bond acceptors (Lipinski definition) is 2. The highest BCUT2D eigenvalue weighted by Crippen LogP contribution is 2.24. The van der Waals surface area contributed by atoms with Gasteiger partial charge in [-0.25, -0.2) is 4.98 Å². The van der Waals surface area contributed by atoms with E-state index in [4.69, 9.17) is 0 Å². The van der Waals surface area contributed by atoms with E-state index < -0.39 is 6.10 Å². The summed E-state index contributed by atoms with van der Waals surface area (Å²) >= 11 is 0. The van der Waals surface area contributed by atoms with Crippen LogP contribution in [0.3, 0.4) is 0 Å². The molecule has 1 atom stereocenters. The summed E-state index contributed by atoms with van der Waals surface area (Å²) in [7, 11) is 0. The Bertz CT molecular complexity index is 490. The number of aromatic nitrogens is 2. The molecule has 0 aliphatic carbocycles. The largest absolute Gasteiger partial charge is 0.388 e. The smallest absolute Gasteiger partial charge is 0.112 e. The zero-order chi connectivity index (χ0) is 12.3. The lowest BCUT2D eigenvalue weighted by Gasteiger charge is -2.16. The predicted molar refractivity (Wildman–Crippen MR) is 68.2 cm³/mol. The van der Waals surface area contributed by atoms with E-state index in [1.165, 1.54) is 0 Å². The highest BCUT2D eigenvalue weighted by atomic mass is 16.3. The Labute approximate surface area is 102 Å². The fourth-order valence-electron chi connectivity index (χ4n) is 2.02. The highest BCUT2D eigenvalue weighted by Gasteiger charge is 2.12. The van der Waals surface area contributed by atoms with Crippen LogP contribution in [0.4, 0.5) is 0 Å². The third-order valence-corrected chi connectivity index (χ3v) is 2.98. The molecule has 0 aliphatic heterocycles. The molecule has 1 N–H and O–H groups in total. The molecule has 17 heavy (non-hydrogen) atoms. The third-order valence-electron chi connectivity index (χ3n) is 2.98. The monoisotopic (exact) mass is 230 g/mol. The Morgan fingerprint density at radius 2 is 2.06 bits per heavy atom. The van der Waals surface area contributed by atoms with Gasteiger partial charge in [0, 0.05) is 24.4 Å². The van der Waals surface area contributed by atoms with Crippen LogP contribution in [-0.2, 0) is 6.42 Å². The van der Waals surface area contributed by atoms with Gasteiger partial charge in [-0.05, 0) is 12.5 Å². The van der Waals surface area contributed by atoms with Gasteiger partial charge in [-0.2, -0.15) is 0 Å². The molecule has 0 radical (unpaired) electrons. The Morgan fingerprint density at radius 3 is 2.76 bits per heavy atom. The van der Waals surface area contributed by atoms with E-state index in [-0.39, 0.29) is 0 Å². The van der Waals surface area contributed by atoms with Gasteiger partial charge in [0.15, 0.2) is 0 Å². The van der Waals surface area contributed by atoms with E-state index in [2.05, 4.69) is 11.9 Å². The second-order valence-corrected chi connectivity index (χ2v) is 4.05. The molecule has 0 unspecified atom stereocenters. The van der Waals surface area contributed by atoms with Gasteiger partial charge in [-0.1, -0.05) is 32.0 Å². The summed E-state index contributed by atoms with van der Waals surface area (Å²) in [5, 5.41) is 10.0. The zero-order valence-corrected chi connectivity index (χ0v) is 10.3. The number of aryl methyl sites for hydroxylation is 1. The third kappa shape index (κ3) is 2.24. The average Bonchev–Trinajstić information content (AvgIpc) is 2.86. The summed E-state index contributed by atoms with van der Waals surface area (Å²) < 4.78 is 2.05. The standard InChI is InChI=1S/C14H18N2O/c1-3-13(17)11-7-5-6-8-12(11)16-10-9-15-14(16)4-2/h5-10,13,17H,3-4H2,1-2H3/t13-/m0/s1. The van der Waals surface area contributed by atoms with E-state index in [1.54, 1.807) is 6.20 Å². The van der Waals surface area contributed by atoms with Crippen molar-refractivity contribution in [2.24, 2.45) is 0 Å². The van der Waals surface area contributed by atoms with Crippen molar-refractivity contribution in [2.75, 3.05) is 0 Å². The van der Waals surface area contributed by atoms with Gasteiger partial charge in [-0.15, -0.1) is 0 Å². The fourth-order valence-corrected chi connectivity index (χ4v) is 2.02. The molecule has 3 heteroatoms. The maximum Gasteiger partial charge on any atom is 0.112 e. The molecule has 2 rings (SSSR count). The van der Waals surface area contributed by atoms with Gasteiger partial charge >= 0.3 is 0 Å². The number of benzene rings is 1. The maximum atomic E-state index is 10.0. The minimum absolute atomic E-state index is 0.418. The van der Waals surface area contributed by atoms with Crippen molar-refractivity contribution < 1.29 is 5.11 Å². The molecule has 1 aromatic heterocycles. The van der Waals surface area contributed by atoms with E-state index in [1.807, 2.05) is 42.0 Å².